The highest BCUT2D eigenvalue weighted by Crippen LogP contribution is 2.07. The minimum absolute atomic E-state index is 0.00155. The normalized spacial score (nSPS) is 11.0. The summed E-state index contributed by atoms with van der Waals surface area (Å²) < 4.78 is 0. The van der Waals surface area contributed by atoms with Gasteiger partial charge in [0.1, 0.15) is 0 Å². The predicted molar refractivity (Wildman–Crippen MR) is 85.5 cm³/mol. The molecule has 0 atom stereocenters. The fourth-order valence-electron chi connectivity index (χ4n) is 1.75. The van der Waals surface area contributed by atoms with Crippen LogP contribution in [-0.4, -0.2) is 5.78 Å². The molecule has 0 fully saturated rings. The first-order valence-corrected chi connectivity index (χ1v) is 6.46. The minimum Gasteiger partial charge on any atom is -0.289 e. The van der Waals surface area contributed by atoms with E-state index in [4.69, 9.17) is 0 Å². The van der Waals surface area contributed by atoms with Crippen molar-refractivity contribution < 1.29 is 4.79 Å². The molecule has 1 nitrogen and oxygen atoms in total. The Bertz CT molecular complexity index is 631. The van der Waals surface area contributed by atoms with Crippen LogP contribution in [0.25, 0.3) is 12.2 Å². The Kier molecular flexibility index (Phi) is 4.85. The van der Waals surface area contributed by atoms with E-state index in [0.29, 0.717) is 5.56 Å². The third-order valence-electron chi connectivity index (χ3n) is 2.88. The zero-order chi connectivity index (χ0) is 14.2. The minimum atomic E-state index is -0.00155. The monoisotopic (exact) mass is 260 g/mol. The zero-order valence-electron chi connectivity index (χ0n) is 11.2. The lowest BCUT2D eigenvalue weighted by Crippen LogP contribution is -1.93. The van der Waals surface area contributed by atoms with Gasteiger partial charge in [-0.05, 0) is 17.2 Å². The van der Waals surface area contributed by atoms with Gasteiger partial charge in [-0.15, -0.1) is 0 Å². The maximum atomic E-state index is 11.9. The second kappa shape index (κ2) is 7.05. The van der Waals surface area contributed by atoms with E-state index < -0.39 is 0 Å². The third-order valence-corrected chi connectivity index (χ3v) is 2.88. The van der Waals surface area contributed by atoms with Gasteiger partial charge in [-0.1, -0.05) is 85.5 Å². The molecule has 0 spiro atoms. The highest BCUT2D eigenvalue weighted by molar-refractivity contribution is 6.04. The molecule has 2 aromatic carbocycles. The van der Waals surface area contributed by atoms with Crippen LogP contribution in [0.3, 0.4) is 0 Å². The molecule has 0 aliphatic carbocycles. The Morgan fingerprint density at radius 1 is 0.850 bits per heavy atom. The number of carbonyl (C=O) groups excluding carboxylic acids is 1. The van der Waals surface area contributed by atoms with Gasteiger partial charge in [0.05, 0.1) is 0 Å². The molecule has 0 aliphatic heterocycles. The first-order valence-electron chi connectivity index (χ1n) is 6.46. The van der Waals surface area contributed by atoms with Gasteiger partial charge >= 0.3 is 0 Å². The molecule has 0 aliphatic rings. The fraction of sp³-hybridized carbons (Fsp3) is 0. The molecule has 2 aromatic rings. The molecule has 0 N–H and O–H groups in total. The quantitative estimate of drug-likeness (QED) is 0.429. The first-order chi connectivity index (χ1) is 9.79. The first kappa shape index (κ1) is 13.8. The van der Waals surface area contributed by atoms with Crippen molar-refractivity contribution in [2.75, 3.05) is 0 Å². The van der Waals surface area contributed by atoms with Gasteiger partial charge in [0.25, 0.3) is 0 Å². The van der Waals surface area contributed by atoms with Gasteiger partial charge in [-0.3, -0.25) is 4.79 Å². The van der Waals surface area contributed by atoms with E-state index >= 15 is 0 Å². The van der Waals surface area contributed by atoms with Crippen molar-refractivity contribution in [1.82, 2.24) is 0 Å². The second-order valence-electron chi connectivity index (χ2n) is 4.32. The standard InChI is InChI=1S/C19H16O/c1-2-16-12-14-18(15-13-16)19(20)11-7-6-10-17-8-4-3-5-9-17/h2-15H,1H2. The van der Waals surface area contributed by atoms with Crippen LogP contribution in [0, 0.1) is 0 Å². The Labute approximate surface area is 119 Å². The highest BCUT2D eigenvalue weighted by atomic mass is 16.1. The van der Waals surface area contributed by atoms with E-state index in [0.717, 1.165) is 11.1 Å². The van der Waals surface area contributed by atoms with Crippen LogP contribution in [0.4, 0.5) is 0 Å². The smallest absolute Gasteiger partial charge is 0.185 e. The summed E-state index contributed by atoms with van der Waals surface area (Å²) in [4.78, 5) is 11.9. The lowest BCUT2D eigenvalue weighted by atomic mass is 10.1. The van der Waals surface area contributed by atoms with Crippen LogP contribution in [0.1, 0.15) is 21.5 Å². The van der Waals surface area contributed by atoms with Gasteiger partial charge in [0.2, 0.25) is 0 Å². The van der Waals surface area contributed by atoms with Crippen LogP contribution in [-0.2, 0) is 0 Å². The summed E-state index contributed by atoms with van der Waals surface area (Å²) in [5.41, 5.74) is 2.80. The highest BCUT2D eigenvalue weighted by Gasteiger charge is 1.99. The number of benzene rings is 2. The summed E-state index contributed by atoms with van der Waals surface area (Å²) in [5.74, 6) is -0.00155. The molecule has 20 heavy (non-hydrogen) atoms. The lowest BCUT2D eigenvalue weighted by Gasteiger charge is -1.96. The lowest BCUT2D eigenvalue weighted by molar-refractivity contribution is 0.104. The Balaban J connectivity index is 1.98. The molecule has 0 saturated heterocycles. The van der Waals surface area contributed by atoms with Crippen molar-refractivity contribution >= 4 is 17.9 Å². The molecule has 0 radical (unpaired) electrons. The van der Waals surface area contributed by atoms with Gasteiger partial charge < -0.3 is 0 Å². The average molecular weight is 260 g/mol. The summed E-state index contributed by atoms with van der Waals surface area (Å²) in [6.07, 6.45) is 8.92. The molecular formula is C19H16O. The van der Waals surface area contributed by atoms with Gasteiger partial charge in [0, 0.05) is 5.56 Å². The fourth-order valence-corrected chi connectivity index (χ4v) is 1.75. The largest absolute Gasteiger partial charge is 0.289 e. The molecule has 98 valence electrons. The maximum absolute atomic E-state index is 11.9. The maximum Gasteiger partial charge on any atom is 0.185 e. The number of allylic oxidation sites excluding steroid dienone is 3. The summed E-state index contributed by atoms with van der Waals surface area (Å²) in [7, 11) is 0. The molecule has 0 bridgehead atoms. The Morgan fingerprint density at radius 3 is 2.20 bits per heavy atom. The summed E-state index contributed by atoms with van der Waals surface area (Å²) in [6, 6.07) is 17.4. The molecule has 0 aromatic heterocycles. The predicted octanol–water partition coefficient (Wildman–Crippen LogP) is 4.78. The number of ketones is 1. The zero-order valence-corrected chi connectivity index (χ0v) is 11.2. The van der Waals surface area contributed by atoms with E-state index in [1.54, 1.807) is 18.2 Å². The SMILES string of the molecule is C=Cc1ccc(C(=O)C=CC=Cc2ccccc2)cc1. The van der Waals surface area contributed by atoms with Gasteiger partial charge in [0.15, 0.2) is 5.78 Å². The Morgan fingerprint density at radius 2 is 1.55 bits per heavy atom. The molecule has 0 saturated carbocycles. The summed E-state index contributed by atoms with van der Waals surface area (Å²) >= 11 is 0. The second-order valence-corrected chi connectivity index (χ2v) is 4.32. The molecule has 0 amide bonds. The Hall–Kier alpha value is -2.67. The van der Waals surface area contributed by atoms with E-state index in [1.807, 2.05) is 66.7 Å². The van der Waals surface area contributed by atoms with Crippen molar-refractivity contribution in [3.8, 4) is 0 Å². The molecule has 0 heterocycles. The number of rotatable bonds is 5. The summed E-state index contributed by atoms with van der Waals surface area (Å²) in [5, 5.41) is 0. The number of hydrogen-bond donors (Lipinski definition) is 0. The van der Waals surface area contributed by atoms with Crippen molar-refractivity contribution in [3.63, 3.8) is 0 Å². The van der Waals surface area contributed by atoms with E-state index in [1.165, 1.54) is 0 Å². The van der Waals surface area contributed by atoms with Crippen molar-refractivity contribution in [2.24, 2.45) is 0 Å². The van der Waals surface area contributed by atoms with Crippen LogP contribution >= 0.6 is 0 Å². The molecule has 0 unspecified atom stereocenters. The summed E-state index contributed by atoms with van der Waals surface area (Å²) in [6.45, 7) is 3.69. The van der Waals surface area contributed by atoms with Crippen LogP contribution < -0.4 is 0 Å². The number of hydrogen-bond acceptors (Lipinski definition) is 1. The van der Waals surface area contributed by atoms with Crippen LogP contribution in [0.5, 0.6) is 0 Å². The van der Waals surface area contributed by atoms with Crippen molar-refractivity contribution in [3.05, 3.63) is 96.1 Å². The topological polar surface area (TPSA) is 17.1 Å². The van der Waals surface area contributed by atoms with E-state index in [-0.39, 0.29) is 5.78 Å². The van der Waals surface area contributed by atoms with Crippen molar-refractivity contribution in [2.45, 2.75) is 0 Å². The third kappa shape index (κ3) is 3.92. The van der Waals surface area contributed by atoms with Gasteiger partial charge in [-0.25, -0.2) is 0 Å². The van der Waals surface area contributed by atoms with Crippen LogP contribution in [0.15, 0.2) is 79.4 Å². The van der Waals surface area contributed by atoms with Crippen molar-refractivity contribution in [1.29, 1.82) is 0 Å². The van der Waals surface area contributed by atoms with Gasteiger partial charge in [-0.2, -0.15) is 0 Å². The molecular weight excluding hydrogens is 244 g/mol. The van der Waals surface area contributed by atoms with E-state index in [2.05, 4.69) is 6.58 Å². The number of carbonyl (C=O) groups is 1. The molecule has 2 rings (SSSR count). The van der Waals surface area contributed by atoms with Crippen LogP contribution in [0.2, 0.25) is 0 Å². The van der Waals surface area contributed by atoms with E-state index in [9.17, 15) is 4.79 Å². The average Bonchev–Trinajstić information content (AvgIpc) is 2.52. The molecule has 1 heteroatoms.